The topological polar surface area (TPSA) is 191 Å². The number of nitrogens with zero attached hydrogens (tertiary/aromatic N) is 6. The quantitative estimate of drug-likeness (QED) is 0.152. The molecule has 5 N–H and O–H groups in total. The summed E-state index contributed by atoms with van der Waals surface area (Å²) in [6, 6.07) is 3.35. The van der Waals surface area contributed by atoms with Crippen molar-refractivity contribution in [1.82, 2.24) is 20.1 Å². The van der Waals surface area contributed by atoms with Crippen LogP contribution in [0.4, 0.5) is 11.9 Å². The largest absolute Gasteiger partial charge is 0.477 e. The molecule has 0 radical (unpaired) electrons. The zero-order chi connectivity index (χ0) is 24.4. The Hall–Kier alpha value is -3.98. The number of aliphatic hydroxyl groups excluding tert-OH is 1. The third-order valence-electron chi connectivity index (χ3n) is 5.18. The van der Waals surface area contributed by atoms with Crippen LogP contribution in [0.5, 0.6) is 0 Å². The lowest BCUT2D eigenvalue weighted by atomic mass is 10.1. The van der Waals surface area contributed by atoms with Gasteiger partial charge in [-0.15, -0.1) is 16.9 Å². The average Bonchev–Trinajstić information content (AvgIpc) is 3.24. The number of oxime groups is 1. The minimum atomic E-state index is -1.31. The van der Waals surface area contributed by atoms with E-state index in [0.29, 0.717) is 5.56 Å². The van der Waals surface area contributed by atoms with Gasteiger partial charge >= 0.3 is 5.97 Å². The second kappa shape index (κ2) is 9.48. The number of fused-ring (bicyclic) bond motifs is 1. The van der Waals surface area contributed by atoms with Gasteiger partial charge in [0.2, 0.25) is 11.9 Å². The molecule has 2 amide bonds. The number of carboxylic acid groups (broad SMARTS) is 1. The zero-order valence-corrected chi connectivity index (χ0v) is 18.7. The van der Waals surface area contributed by atoms with E-state index in [1.165, 1.54) is 23.8 Å². The highest BCUT2D eigenvalue weighted by Crippen LogP contribution is 2.45. The molecule has 15 heteroatoms. The van der Waals surface area contributed by atoms with Gasteiger partial charge in [0.05, 0.1) is 24.0 Å². The molecule has 4 heterocycles. The number of pyridine rings is 1. The van der Waals surface area contributed by atoms with Gasteiger partial charge in [0.25, 0.3) is 11.9 Å². The zero-order valence-electron chi connectivity index (χ0n) is 17.9. The normalized spacial score (nSPS) is 19.7. The molecule has 0 aliphatic carbocycles. The number of anilines is 2. The fourth-order valence-electron chi connectivity index (χ4n) is 3.62. The summed E-state index contributed by atoms with van der Waals surface area (Å²) in [5.41, 5.74) is 6.38. The molecular weight excluding hydrogens is 468 g/mol. The van der Waals surface area contributed by atoms with Gasteiger partial charge in [-0.3, -0.25) is 19.4 Å². The molecule has 2 aliphatic heterocycles. The first kappa shape index (κ1) is 23.2. The summed E-state index contributed by atoms with van der Waals surface area (Å²) < 4.78 is 1.67. The van der Waals surface area contributed by atoms with Crippen LogP contribution in [0.25, 0.3) is 0 Å². The third kappa shape index (κ3) is 4.29. The Kier molecular flexibility index (Phi) is 6.47. The van der Waals surface area contributed by atoms with Crippen molar-refractivity contribution in [2.24, 2.45) is 5.16 Å². The molecular formula is C19H21N8O6S+. The van der Waals surface area contributed by atoms with E-state index < -0.39 is 22.6 Å². The van der Waals surface area contributed by atoms with Crippen LogP contribution in [0.15, 0.2) is 41.0 Å². The van der Waals surface area contributed by atoms with Crippen molar-refractivity contribution in [3.63, 3.8) is 0 Å². The average molecular weight is 489 g/mol. The van der Waals surface area contributed by atoms with Crippen molar-refractivity contribution < 1.29 is 34.0 Å². The molecule has 14 nitrogen and oxygen atoms in total. The van der Waals surface area contributed by atoms with Gasteiger partial charge in [0.15, 0.2) is 18.9 Å². The second-order valence-electron chi connectivity index (χ2n) is 7.27. The number of β-lactam (4-membered cyclic amide) rings is 1. The molecule has 2 aromatic heterocycles. The number of hydrogen-bond donors (Lipinski definition) is 4. The lowest BCUT2D eigenvalue weighted by molar-refractivity contribution is -0.689. The molecule has 1 saturated heterocycles. The predicted molar refractivity (Wildman–Crippen MR) is 118 cm³/mol. The molecule has 0 aromatic carbocycles. The molecule has 2 aliphatic rings. The number of carbonyl (C=O) groups excluding carboxylic acids is 2. The van der Waals surface area contributed by atoms with Gasteiger partial charge in [0, 0.05) is 12.1 Å². The number of thioether (sulfide) groups is 1. The molecule has 0 bridgehead atoms. The van der Waals surface area contributed by atoms with Crippen molar-refractivity contribution in [2.75, 3.05) is 17.7 Å². The van der Waals surface area contributed by atoms with Gasteiger partial charge in [-0.05, 0) is 5.56 Å². The molecule has 1 fully saturated rings. The van der Waals surface area contributed by atoms with E-state index in [4.69, 9.17) is 5.73 Å². The van der Waals surface area contributed by atoms with Crippen LogP contribution in [-0.4, -0.2) is 72.2 Å². The van der Waals surface area contributed by atoms with Gasteiger partial charge in [0.1, 0.15) is 24.4 Å². The van der Waals surface area contributed by atoms with Crippen LogP contribution in [-0.2, 0) is 32.4 Å². The second-order valence-corrected chi connectivity index (χ2v) is 8.54. The van der Waals surface area contributed by atoms with E-state index in [-0.39, 0.29) is 48.6 Å². The van der Waals surface area contributed by atoms with Crippen LogP contribution in [0, 0.1) is 0 Å². The van der Waals surface area contributed by atoms with Crippen LogP contribution in [0.1, 0.15) is 12.0 Å². The number of aromatic amines is 1. The number of aliphatic carboxylic acids is 1. The maximum absolute atomic E-state index is 13.1. The maximum atomic E-state index is 13.1. The van der Waals surface area contributed by atoms with Gasteiger partial charge < -0.3 is 20.8 Å². The Bertz CT molecular complexity index is 1180. The first-order valence-corrected chi connectivity index (χ1v) is 10.9. The predicted octanol–water partition coefficient (Wildman–Crippen LogP) is -1.20. The number of nitrogen functional groups attached to an aromatic ring is 1. The number of aliphatic hydroxyl groups is 1. The summed E-state index contributed by atoms with van der Waals surface area (Å²) in [5, 5.41) is 27.9. The van der Waals surface area contributed by atoms with E-state index in [0.717, 1.165) is 11.1 Å². The van der Waals surface area contributed by atoms with Gasteiger partial charge in [-0.2, -0.15) is 4.98 Å². The van der Waals surface area contributed by atoms with E-state index in [1.54, 1.807) is 29.1 Å². The van der Waals surface area contributed by atoms with E-state index in [2.05, 4.69) is 25.2 Å². The minimum absolute atomic E-state index is 0.0205. The third-order valence-corrected chi connectivity index (χ3v) is 6.62. The van der Waals surface area contributed by atoms with Crippen molar-refractivity contribution in [3.05, 3.63) is 41.4 Å². The van der Waals surface area contributed by atoms with Crippen LogP contribution in [0.2, 0.25) is 0 Å². The summed E-state index contributed by atoms with van der Waals surface area (Å²) in [7, 11) is 1.27. The Balaban J connectivity index is 1.84. The molecule has 4 rings (SSSR count). The highest BCUT2D eigenvalue weighted by atomic mass is 32.2. The summed E-state index contributed by atoms with van der Waals surface area (Å²) in [6.07, 6.45) is 4.35. The highest BCUT2D eigenvalue weighted by Gasteiger charge is 2.52. The SMILES string of the molecule is CON=CC(=O)N(c1n[nH]c(N)n1)C1S[C@H]2CC(=O)N2C(C(=O)O)=C1C[n+]1ccc(CO)cc1. The fourth-order valence-corrected chi connectivity index (χ4v) is 5.18. The smallest absolute Gasteiger partial charge is 0.352 e. The molecule has 178 valence electrons. The number of carbonyl (C=O) groups is 3. The standard InChI is InChI=1S/C19H20N8O6S/c1-33-21-7-13(30)27(19-22-18(20)23-24-19)16-11(8-25-4-2-10(9-28)3-5-25)15(17(31)32)26-12(29)6-14(26)34-16/h2-5,7,14,16,28H,6,8-9H2,1H3,(H3-,20,21,22,23,24,30,31,32)/p+1/t14-,16?/m0/s1. The fraction of sp³-hybridized carbons (Fsp3) is 0.316. The molecule has 2 aromatic rings. The first-order chi connectivity index (χ1) is 16.3. The Labute approximate surface area is 196 Å². The van der Waals surface area contributed by atoms with Gasteiger partial charge in [-0.25, -0.2) is 14.5 Å². The Morgan fingerprint density at radius 1 is 1.47 bits per heavy atom. The van der Waals surface area contributed by atoms with Crippen molar-refractivity contribution in [3.8, 4) is 0 Å². The number of hydrogen-bond acceptors (Lipinski definition) is 10. The van der Waals surface area contributed by atoms with Crippen molar-refractivity contribution in [1.29, 1.82) is 0 Å². The number of H-pyrrole nitrogens is 1. The van der Waals surface area contributed by atoms with Crippen LogP contribution in [0.3, 0.4) is 0 Å². The monoisotopic (exact) mass is 489 g/mol. The Morgan fingerprint density at radius 3 is 2.76 bits per heavy atom. The number of aromatic nitrogens is 4. The van der Waals surface area contributed by atoms with Gasteiger partial charge in [-0.1, -0.05) is 5.16 Å². The number of carboxylic acids is 1. The number of amides is 2. The van der Waals surface area contributed by atoms with E-state index >= 15 is 0 Å². The molecule has 0 saturated carbocycles. The van der Waals surface area contributed by atoms with E-state index in [1.807, 2.05) is 0 Å². The molecule has 2 atom stereocenters. The lowest BCUT2D eigenvalue weighted by Crippen LogP contribution is -2.59. The lowest BCUT2D eigenvalue weighted by Gasteiger charge is -2.47. The van der Waals surface area contributed by atoms with Crippen LogP contribution >= 0.6 is 11.8 Å². The highest BCUT2D eigenvalue weighted by molar-refractivity contribution is 8.01. The van der Waals surface area contributed by atoms with E-state index in [9.17, 15) is 24.6 Å². The summed E-state index contributed by atoms with van der Waals surface area (Å²) >= 11 is 1.21. The number of nitrogens with one attached hydrogen (secondary N) is 1. The molecule has 1 unspecified atom stereocenters. The molecule has 0 spiro atoms. The number of nitrogens with two attached hydrogens (primary N) is 1. The summed E-state index contributed by atoms with van der Waals surface area (Å²) in [6.45, 7) is -0.133. The van der Waals surface area contributed by atoms with Crippen molar-refractivity contribution in [2.45, 2.75) is 30.3 Å². The summed E-state index contributed by atoms with van der Waals surface area (Å²) in [4.78, 5) is 48.8. The summed E-state index contributed by atoms with van der Waals surface area (Å²) in [5.74, 6) is -2.45. The Morgan fingerprint density at radius 2 is 2.21 bits per heavy atom. The van der Waals surface area contributed by atoms with Crippen molar-refractivity contribution >= 4 is 47.7 Å². The first-order valence-electron chi connectivity index (χ1n) is 9.94. The van der Waals surface area contributed by atoms with Crippen LogP contribution < -0.4 is 15.2 Å². The number of rotatable bonds is 8. The molecule has 34 heavy (non-hydrogen) atoms. The minimum Gasteiger partial charge on any atom is -0.477 e. The maximum Gasteiger partial charge on any atom is 0.352 e.